The summed E-state index contributed by atoms with van der Waals surface area (Å²) in [6, 6.07) is 0. The van der Waals surface area contributed by atoms with E-state index in [0.29, 0.717) is 5.92 Å². The molecule has 0 aromatic carbocycles. The average Bonchev–Trinajstić information content (AvgIpc) is 2.76. The molecule has 3 nitrogen and oxygen atoms in total. The normalized spacial score (nSPS) is 18.2. The van der Waals surface area contributed by atoms with Gasteiger partial charge in [-0.1, -0.05) is 0 Å². The standard InChI is InChI=1S/C11H19N3S/c1-12-5-4-10-8-14-11(15-10)9-2-6-13-7-3-9/h8-9,12-13H,2-7H2,1H3. The van der Waals surface area contributed by atoms with Crippen molar-refractivity contribution in [2.75, 3.05) is 26.7 Å². The van der Waals surface area contributed by atoms with E-state index in [1.165, 1.54) is 22.7 Å². The third kappa shape index (κ3) is 3.00. The van der Waals surface area contributed by atoms with Gasteiger partial charge in [0.25, 0.3) is 0 Å². The fraction of sp³-hybridized carbons (Fsp3) is 0.727. The molecule has 0 amide bonds. The topological polar surface area (TPSA) is 37.0 Å². The molecule has 0 radical (unpaired) electrons. The monoisotopic (exact) mass is 225 g/mol. The van der Waals surface area contributed by atoms with Crippen molar-refractivity contribution < 1.29 is 0 Å². The molecule has 15 heavy (non-hydrogen) atoms. The molecule has 0 atom stereocenters. The first-order valence-electron chi connectivity index (χ1n) is 5.70. The average molecular weight is 225 g/mol. The summed E-state index contributed by atoms with van der Waals surface area (Å²) < 4.78 is 0. The minimum atomic E-state index is 0.708. The Labute approximate surface area is 95.3 Å². The summed E-state index contributed by atoms with van der Waals surface area (Å²) in [5, 5.41) is 7.92. The van der Waals surface area contributed by atoms with Crippen molar-refractivity contribution >= 4 is 11.3 Å². The van der Waals surface area contributed by atoms with E-state index in [9.17, 15) is 0 Å². The van der Waals surface area contributed by atoms with Crippen molar-refractivity contribution in [3.8, 4) is 0 Å². The van der Waals surface area contributed by atoms with E-state index >= 15 is 0 Å². The molecule has 2 N–H and O–H groups in total. The molecule has 1 aliphatic heterocycles. The summed E-state index contributed by atoms with van der Waals surface area (Å²) in [6.07, 6.45) is 5.66. The second-order valence-electron chi connectivity index (χ2n) is 4.04. The summed E-state index contributed by atoms with van der Waals surface area (Å²) in [7, 11) is 1.99. The number of piperidine rings is 1. The van der Waals surface area contributed by atoms with Crippen LogP contribution in [0.2, 0.25) is 0 Å². The second kappa shape index (κ2) is 5.58. The van der Waals surface area contributed by atoms with Gasteiger partial charge < -0.3 is 10.6 Å². The molecule has 0 spiro atoms. The molecule has 0 aliphatic carbocycles. The van der Waals surface area contributed by atoms with E-state index in [1.807, 2.05) is 18.4 Å². The van der Waals surface area contributed by atoms with E-state index in [1.54, 1.807) is 0 Å². The van der Waals surface area contributed by atoms with E-state index < -0.39 is 0 Å². The minimum Gasteiger partial charge on any atom is -0.319 e. The van der Waals surface area contributed by atoms with Gasteiger partial charge in [-0.2, -0.15) is 0 Å². The molecule has 0 saturated carbocycles. The summed E-state index contributed by atoms with van der Waals surface area (Å²) in [5.74, 6) is 0.708. The molecule has 1 aromatic rings. The van der Waals surface area contributed by atoms with E-state index in [0.717, 1.165) is 26.1 Å². The SMILES string of the molecule is CNCCc1cnc(C2CCNCC2)s1. The van der Waals surface area contributed by atoms with E-state index in [4.69, 9.17) is 0 Å². The van der Waals surface area contributed by atoms with Crippen molar-refractivity contribution in [3.05, 3.63) is 16.1 Å². The number of aromatic nitrogens is 1. The molecule has 2 rings (SSSR count). The van der Waals surface area contributed by atoms with Crippen LogP contribution in [0, 0.1) is 0 Å². The number of hydrogen-bond acceptors (Lipinski definition) is 4. The zero-order valence-electron chi connectivity index (χ0n) is 9.25. The zero-order chi connectivity index (χ0) is 10.5. The predicted molar refractivity (Wildman–Crippen MR) is 64.6 cm³/mol. The van der Waals surface area contributed by atoms with Crippen LogP contribution in [0.1, 0.15) is 28.6 Å². The molecule has 0 unspecified atom stereocenters. The Balaban J connectivity index is 1.93. The first kappa shape index (κ1) is 11.0. The number of hydrogen-bond donors (Lipinski definition) is 2. The highest BCUT2D eigenvalue weighted by Crippen LogP contribution is 2.28. The molecule has 1 aromatic heterocycles. The molecule has 2 heterocycles. The Kier molecular flexibility index (Phi) is 4.11. The Morgan fingerprint density at radius 2 is 2.33 bits per heavy atom. The molecule has 84 valence electrons. The molecule has 1 saturated heterocycles. The van der Waals surface area contributed by atoms with Gasteiger partial charge in [-0.3, -0.25) is 0 Å². The van der Waals surface area contributed by atoms with Gasteiger partial charge in [-0.05, 0) is 45.9 Å². The smallest absolute Gasteiger partial charge is 0.0959 e. The van der Waals surface area contributed by atoms with Crippen molar-refractivity contribution in [1.29, 1.82) is 0 Å². The van der Waals surface area contributed by atoms with Crippen molar-refractivity contribution in [1.82, 2.24) is 15.6 Å². The minimum absolute atomic E-state index is 0.708. The Morgan fingerprint density at radius 1 is 1.53 bits per heavy atom. The predicted octanol–water partition coefficient (Wildman–Crippen LogP) is 1.37. The third-order valence-electron chi connectivity index (χ3n) is 2.88. The van der Waals surface area contributed by atoms with Crippen LogP contribution in [0.25, 0.3) is 0 Å². The third-order valence-corrected chi connectivity index (χ3v) is 4.10. The zero-order valence-corrected chi connectivity index (χ0v) is 10.1. The van der Waals surface area contributed by atoms with Gasteiger partial charge in [0.15, 0.2) is 0 Å². The van der Waals surface area contributed by atoms with Gasteiger partial charge in [-0.25, -0.2) is 4.98 Å². The highest BCUT2D eigenvalue weighted by molar-refractivity contribution is 7.11. The maximum atomic E-state index is 4.56. The van der Waals surface area contributed by atoms with Crippen molar-refractivity contribution in [2.45, 2.75) is 25.2 Å². The summed E-state index contributed by atoms with van der Waals surface area (Å²) in [6.45, 7) is 3.35. The van der Waals surface area contributed by atoms with Gasteiger partial charge in [0.1, 0.15) is 0 Å². The quantitative estimate of drug-likeness (QED) is 0.812. The first-order valence-corrected chi connectivity index (χ1v) is 6.51. The van der Waals surface area contributed by atoms with Gasteiger partial charge in [0.05, 0.1) is 5.01 Å². The number of thiazole rings is 1. The number of rotatable bonds is 4. The van der Waals surface area contributed by atoms with Crippen LogP contribution in [0.4, 0.5) is 0 Å². The van der Waals surface area contributed by atoms with Crippen LogP contribution in [-0.2, 0) is 6.42 Å². The lowest BCUT2D eigenvalue weighted by Gasteiger charge is -2.20. The number of nitrogens with one attached hydrogen (secondary N) is 2. The van der Waals surface area contributed by atoms with Gasteiger partial charge in [0, 0.05) is 17.0 Å². The van der Waals surface area contributed by atoms with Crippen LogP contribution < -0.4 is 10.6 Å². The Hall–Kier alpha value is -0.450. The van der Waals surface area contributed by atoms with Crippen molar-refractivity contribution in [3.63, 3.8) is 0 Å². The summed E-state index contributed by atoms with van der Waals surface area (Å²) in [4.78, 5) is 5.97. The largest absolute Gasteiger partial charge is 0.319 e. The lowest BCUT2D eigenvalue weighted by atomic mass is 9.99. The summed E-state index contributed by atoms with van der Waals surface area (Å²) in [5.41, 5.74) is 0. The maximum absolute atomic E-state index is 4.56. The van der Waals surface area contributed by atoms with E-state index in [-0.39, 0.29) is 0 Å². The van der Waals surface area contributed by atoms with Crippen LogP contribution in [-0.4, -0.2) is 31.7 Å². The molecule has 0 bridgehead atoms. The fourth-order valence-electron chi connectivity index (χ4n) is 1.94. The molecule has 1 fully saturated rings. The summed E-state index contributed by atoms with van der Waals surface area (Å²) >= 11 is 1.90. The first-order chi connectivity index (χ1) is 7.40. The number of likely N-dealkylation sites (N-methyl/N-ethyl adjacent to an activating group) is 1. The van der Waals surface area contributed by atoms with Gasteiger partial charge in [-0.15, -0.1) is 11.3 Å². The highest BCUT2D eigenvalue weighted by atomic mass is 32.1. The molecular weight excluding hydrogens is 206 g/mol. The molecule has 4 heteroatoms. The van der Waals surface area contributed by atoms with Crippen LogP contribution in [0.5, 0.6) is 0 Å². The lowest BCUT2D eigenvalue weighted by molar-refractivity contribution is 0.459. The van der Waals surface area contributed by atoms with Crippen LogP contribution in [0.3, 0.4) is 0 Å². The number of nitrogens with zero attached hydrogens (tertiary/aromatic N) is 1. The second-order valence-corrected chi connectivity index (χ2v) is 5.19. The maximum Gasteiger partial charge on any atom is 0.0959 e. The van der Waals surface area contributed by atoms with Crippen molar-refractivity contribution in [2.24, 2.45) is 0 Å². The van der Waals surface area contributed by atoms with Crippen LogP contribution >= 0.6 is 11.3 Å². The van der Waals surface area contributed by atoms with E-state index in [2.05, 4.69) is 21.8 Å². The Bertz CT molecular complexity index is 292. The Morgan fingerprint density at radius 3 is 3.07 bits per heavy atom. The molecule has 1 aliphatic rings. The van der Waals surface area contributed by atoms with Gasteiger partial charge >= 0.3 is 0 Å². The molecular formula is C11H19N3S. The fourth-order valence-corrected chi connectivity index (χ4v) is 3.03. The van der Waals surface area contributed by atoms with Gasteiger partial charge in [0.2, 0.25) is 0 Å². The van der Waals surface area contributed by atoms with Crippen LogP contribution in [0.15, 0.2) is 6.20 Å². The highest BCUT2D eigenvalue weighted by Gasteiger charge is 2.18. The lowest BCUT2D eigenvalue weighted by Crippen LogP contribution is -2.26.